The molecule has 0 aliphatic heterocycles. The second-order valence-corrected chi connectivity index (χ2v) is 14.9. The molecule has 1 aliphatic rings. The van der Waals surface area contributed by atoms with Crippen molar-refractivity contribution in [2.45, 2.75) is 5.41 Å². The van der Waals surface area contributed by atoms with Crippen LogP contribution in [0.1, 0.15) is 29.1 Å². The summed E-state index contributed by atoms with van der Waals surface area (Å²) in [4.78, 5) is 15.9. The molecule has 0 spiro atoms. The molecule has 2 heterocycles. The third-order valence-corrected chi connectivity index (χ3v) is 12.2. The molecule has 0 saturated carbocycles. The Kier molecular flexibility index (Phi) is 6.44. The van der Waals surface area contributed by atoms with Crippen LogP contribution in [0.15, 0.2) is 200 Å². The van der Waals surface area contributed by atoms with E-state index in [4.69, 9.17) is 21.8 Å². The van der Waals surface area contributed by atoms with Crippen LogP contribution in [0.25, 0.3) is 76.6 Å². The molecule has 3 nitrogen and oxygen atoms in total. The molecule has 0 amide bonds. The van der Waals surface area contributed by atoms with Gasteiger partial charge in [-0.05, 0) is 56.6 Å². The fourth-order valence-corrected chi connectivity index (χ4v) is 9.83. The third kappa shape index (κ3) is 4.93. The van der Waals surface area contributed by atoms with E-state index in [2.05, 4.69) is 115 Å². The Bertz CT molecular complexity index is 3320. The summed E-state index contributed by atoms with van der Waals surface area (Å²) in [6.07, 6.45) is 0. The van der Waals surface area contributed by atoms with Crippen LogP contribution in [-0.4, -0.2) is 15.0 Å². The van der Waals surface area contributed by atoms with Gasteiger partial charge in [-0.25, -0.2) is 15.0 Å². The molecule has 262 valence electrons. The Morgan fingerprint density at radius 2 is 0.929 bits per heavy atom. The Balaban J connectivity index is 1.23. The van der Waals surface area contributed by atoms with Gasteiger partial charge < -0.3 is 0 Å². The Hall–Kier alpha value is -7.01. The predicted molar refractivity (Wildman–Crippen MR) is 232 cm³/mol. The smallest absolute Gasteiger partial charge is 0.165 e. The minimum absolute atomic E-state index is 0.0850. The van der Waals surface area contributed by atoms with Crippen LogP contribution in [0.2, 0.25) is 0 Å². The van der Waals surface area contributed by atoms with Crippen LogP contribution in [0, 0.1) is 0 Å². The van der Waals surface area contributed by atoms with E-state index in [1.807, 2.05) is 42.5 Å². The van der Waals surface area contributed by atoms with E-state index >= 15 is 0 Å². The predicted octanol–water partition coefficient (Wildman–Crippen LogP) is 13.3. The van der Waals surface area contributed by atoms with E-state index in [9.17, 15) is 0 Å². The van der Waals surface area contributed by atoms with Gasteiger partial charge in [-0.3, -0.25) is 0 Å². The van der Waals surface area contributed by atoms with Crippen molar-refractivity contribution in [1.29, 1.82) is 0 Å². The van der Waals surface area contributed by atoms with Crippen LogP contribution < -0.4 is 0 Å². The largest absolute Gasteiger partial charge is 0.208 e. The molecule has 10 aromatic rings. The Labute approximate surface area is 336 Å². The number of nitrogens with zero attached hydrogens (tertiary/aromatic N) is 3. The molecule has 0 N–H and O–H groups in total. The van der Waals surface area contributed by atoms with E-state index in [0.29, 0.717) is 28.6 Å². The Morgan fingerprint density at radius 1 is 0.411 bits per heavy atom. The van der Waals surface area contributed by atoms with Gasteiger partial charge in [-0.1, -0.05) is 188 Å². The topological polar surface area (TPSA) is 38.7 Å². The molecule has 0 atom stereocenters. The number of hydrogen-bond donors (Lipinski definition) is 0. The Morgan fingerprint density at radius 3 is 1.68 bits per heavy atom. The molecule has 0 bridgehead atoms. The number of rotatable bonds is 6. The first-order chi connectivity index (χ1) is 29.9. The maximum absolute atomic E-state index is 8.94. The van der Waals surface area contributed by atoms with Crippen LogP contribution in [0.4, 0.5) is 0 Å². The molecule has 0 saturated heterocycles. The highest BCUT2D eigenvalue weighted by atomic mass is 32.1. The van der Waals surface area contributed by atoms with Crippen LogP contribution in [0.5, 0.6) is 0 Å². The molecule has 8 aromatic carbocycles. The lowest BCUT2D eigenvalue weighted by Crippen LogP contribution is -2.28. The van der Waals surface area contributed by atoms with Crippen molar-refractivity contribution in [1.82, 2.24) is 15.0 Å². The summed E-state index contributed by atoms with van der Waals surface area (Å²) in [5.41, 5.74) is 8.72. The lowest BCUT2D eigenvalue weighted by molar-refractivity contribution is 0.768. The van der Waals surface area contributed by atoms with Gasteiger partial charge in [0.25, 0.3) is 0 Å². The lowest BCUT2D eigenvalue weighted by atomic mass is 9.67. The first kappa shape index (κ1) is 27.6. The zero-order valence-corrected chi connectivity index (χ0v) is 30.7. The van der Waals surface area contributed by atoms with Crippen molar-refractivity contribution in [2.24, 2.45) is 0 Å². The summed E-state index contributed by atoms with van der Waals surface area (Å²) in [7, 11) is 0. The molecular weight excluding hydrogens is 699 g/mol. The lowest BCUT2D eigenvalue weighted by Gasteiger charge is -2.33. The average molecular weight is 737 g/mol. The molecule has 0 radical (unpaired) electrons. The molecule has 56 heavy (non-hydrogen) atoms. The number of fused-ring (bicyclic) bond motifs is 6. The van der Waals surface area contributed by atoms with Crippen molar-refractivity contribution in [2.75, 3.05) is 0 Å². The van der Waals surface area contributed by atoms with Crippen molar-refractivity contribution in [3.63, 3.8) is 0 Å². The highest BCUT2D eigenvalue weighted by Gasteiger charge is 2.47. The first-order valence-electron chi connectivity index (χ1n) is 21.0. The van der Waals surface area contributed by atoms with Gasteiger partial charge in [0.15, 0.2) is 17.5 Å². The van der Waals surface area contributed by atoms with Gasteiger partial charge in [0.05, 0.1) is 12.3 Å². The zero-order chi connectivity index (χ0) is 41.4. The van der Waals surface area contributed by atoms with Gasteiger partial charge >= 0.3 is 0 Å². The molecular formula is C52H33N3S. The molecule has 4 heteroatoms. The minimum atomic E-state index is -0.639. The van der Waals surface area contributed by atoms with Gasteiger partial charge in [0, 0.05) is 36.9 Å². The number of aromatic nitrogens is 3. The van der Waals surface area contributed by atoms with Crippen molar-refractivity contribution < 1.29 is 6.85 Å². The highest BCUT2D eigenvalue weighted by Crippen LogP contribution is 2.58. The summed E-state index contributed by atoms with van der Waals surface area (Å²) in [5.74, 6) is 1.24. The van der Waals surface area contributed by atoms with Gasteiger partial charge in [0.2, 0.25) is 0 Å². The first-order valence-corrected chi connectivity index (χ1v) is 19.4. The summed E-state index contributed by atoms with van der Waals surface area (Å²) < 4.78 is 45.4. The molecule has 0 unspecified atom stereocenters. The SMILES string of the molecule is [2H]c1c([2H])c([2H])c(-c2ccccc2-c2nc(-c3cccc4c3-c3ccccc3C4(c3ccccc3)c3ccccc3)nc(-c3cccc4c3sc3ccccc34)n2)c([2H])c1[2H]. The second kappa shape index (κ2) is 13.1. The fourth-order valence-electron chi connectivity index (χ4n) is 8.62. The summed E-state index contributed by atoms with van der Waals surface area (Å²) >= 11 is 1.69. The monoisotopic (exact) mass is 736 g/mol. The van der Waals surface area contributed by atoms with Crippen LogP contribution in [0.3, 0.4) is 0 Å². The molecule has 1 aliphatic carbocycles. The summed E-state index contributed by atoms with van der Waals surface area (Å²) in [6, 6.07) is 56.2. The minimum Gasteiger partial charge on any atom is -0.208 e. The summed E-state index contributed by atoms with van der Waals surface area (Å²) in [6.45, 7) is 0. The normalized spacial score (nSPS) is 14.0. The second-order valence-electron chi connectivity index (χ2n) is 13.9. The van der Waals surface area contributed by atoms with Crippen molar-refractivity contribution in [3.05, 3.63) is 222 Å². The fraction of sp³-hybridized carbons (Fsp3) is 0.0192. The van der Waals surface area contributed by atoms with E-state index in [-0.39, 0.29) is 17.6 Å². The van der Waals surface area contributed by atoms with Crippen molar-refractivity contribution in [3.8, 4) is 56.4 Å². The van der Waals surface area contributed by atoms with E-state index in [0.717, 1.165) is 64.7 Å². The molecule has 11 rings (SSSR count). The average Bonchev–Trinajstić information content (AvgIpc) is 3.85. The van der Waals surface area contributed by atoms with Gasteiger partial charge in [0.1, 0.15) is 0 Å². The quantitative estimate of drug-likeness (QED) is 0.171. The van der Waals surface area contributed by atoms with E-state index in [1.165, 1.54) is 0 Å². The number of benzene rings is 8. The molecule has 0 fully saturated rings. The van der Waals surface area contributed by atoms with Crippen molar-refractivity contribution >= 4 is 31.5 Å². The maximum atomic E-state index is 8.94. The summed E-state index contributed by atoms with van der Waals surface area (Å²) in [5, 5.41) is 2.26. The van der Waals surface area contributed by atoms with E-state index < -0.39 is 23.5 Å². The maximum Gasteiger partial charge on any atom is 0.165 e. The van der Waals surface area contributed by atoms with Gasteiger partial charge in [-0.15, -0.1) is 11.3 Å². The highest BCUT2D eigenvalue weighted by molar-refractivity contribution is 7.26. The number of hydrogen-bond acceptors (Lipinski definition) is 4. The number of thiophene rings is 1. The van der Waals surface area contributed by atoms with Crippen LogP contribution >= 0.6 is 11.3 Å². The van der Waals surface area contributed by atoms with Gasteiger partial charge in [-0.2, -0.15) is 0 Å². The van der Waals surface area contributed by atoms with Crippen LogP contribution in [-0.2, 0) is 5.41 Å². The van der Waals surface area contributed by atoms with E-state index in [1.54, 1.807) is 23.5 Å². The zero-order valence-electron chi connectivity index (χ0n) is 34.9. The molecule has 2 aromatic heterocycles. The third-order valence-electron chi connectivity index (χ3n) is 10.9. The standard InChI is InChI=1S/C52H33N3S/c1-4-18-34(19-5-1)37-24-10-11-26-40(37)49-53-50(55-51(54-49)43-30-16-28-39-38-25-13-15-33-46(38)56-48(39)43)42-29-17-32-45-47(42)41-27-12-14-31-44(41)52(45,35-20-6-2-7-21-35)36-22-8-3-9-23-36/h1-33H/i1D,4D,5D,18D,19D.